The third kappa shape index (κ3) is 4.54. The summed E-state index contributed by atoms with van der Waals surface area (Å²) in [6, 6.07) is 5.39. The predicted molar refractivity (Wildman–Crippen MR) is 87.9 cm³/mol. The maximum Gasteiger partial charge on any atom is 0.255 e. The first-order valence-electron chi connectivity index (χ1n) is 6.61. The van der Waals surface area contributed by atoms with Gasteiger partial charge >= 0.3 is 0 Å². The van der Waals surface area contributed by atoms with E-state index in [-0.39, 0.29) is 12.0 Å². The van der Waals surface area contributed by atoms with Gasteiger partial charge in [0.25, 0.3) is 5.91 Å². The molecule has 1 heterocycles. The van der Waals surface area contributed by atoms with Gasteiger partial charge < -0.3 is 10.1 Å². The fourth-order valence-electron chi connectivity index (χ4n) is 1.79. The second-order valence-electron chi connectivity index (χ2n) is 4.85. The van der Waals surface area contributed by atoms with Crippen molar-refractivity contribution in [3.05, 3.63) is 44.3 Å². The number of benzene rings is 1. The summed E-state index contributed by atoms with van der Waals surface area (Å²) < 4.78 is 6.58. The van der Waals surface area contributed by atoms with Crippen molar-refractivity contribution in [1.29, 1.82) is 0 Å². The molecule has 1 aromatic carbocycles. The summed E-state index contributed by atoms with van der Waals surface area (Å²) in [7, 11) is 0. The number of hydrogen-bond acceptors (Lipinski definition) is 4. The van der Waals surface area contributed by atoms with Gasteiger partial charge in [0, 0.05) is 9.85 Å². The van der Waals surface area contributed by atoms with Crippen molar-refractivity contribution in [2.24, 2.45) is 0 Å². The summed E-state index contributed by atoms with van der Waals surface area (Å²) in [5.41, 5.74) is 1.40. The van der Waals surface area contributed by atoms with E-state index in [4.69, 9.17) is 4.74 Å². The van der Waals surface area contributed by atoms with Crippen LogP contribution in [0.25, 0.3) is 0 Å². The van der Waals surface area contributed by atoms with Crippen molar-refractivity contribution >= 4 is 33.2 Å². The molecule has 2 rings (SSSR count). The number of hydrogen-bond donors (Lipinski definition) is 1. The first-order valence-corrected chi connectivity index (χ1v) is 8.28. The topological polar surface area (TPSA) is 51.2 Å². The third-order valence-electron chi connectivity index (χ3n) is 2.65. The summed E-state index contributed by atoms with van der Waals surface area (Å²) in [6.07, 6.45) is 0.00652. The van der Waals surface area contributed by atoms with Crippen LogP contribution in [0.1, 0.15) is 34.9 Å². The SMILES string of the molecule is Cc1nc(CNC(=O)c2ccc(Br)cc2OC(C)C)cs1. The fraction of sp³-hybridized carbons (Fsp3) is 0.333. The van der Waals surface area contributed by atoms with E-state index in [1.54, 1.807) is 17.4 Å². The predicted octanol–water partition coefficient (Wildman–Crippen LogP) is 3.93. The highest BCUT2D eigenvalue weighted by Gasteiger charge is 2.14. The van der Waals surface area contributed by atoms with Gasteiger partial charge in [-0.3, -0.25) is 4.79 Å². The van der Waals surface area contributed by atoms with Gasteiger partial charge in [-0.25, -0.2) is 4.98 Å². The Bertz CT molecular complexity index is 640. The lowest BCUT2D eigenvalue weighted by atomic mass is 10.2. The number of rotatable bonds is 5. The zero-order valence-electron chi connectivity index (χ0n) is 12.1. The third-order valence-corrected chi connectivity index (χ3v) is 3.96. The fourth-order valence-corrected chi connectivity index (χ4v) is 2.74. The minimum Gasteiger partial charge on any atom is -0.490 e. The van der Waals surface area contributed by atoms with Crippen molar-refractivity contribution < 1.29 is 9.53 Å². The highest BCUT2D eigenvalue weighted by atomic mass is 79.9. The Morgan fingerprint density at radius 1 is 1.48 bits per heavy atom. The lowest BCUT2D eigenvalue weighted by Gasteiger charge is -2.14. The highest BCUT2D eigenvalue weighted by Crippen LogP contribution is 2.25. The Balaban J connectivity index is 2.10. The number of aryl methyl sites for hydroxylation is 1. The summed E-state index contributed by atoms with van der Waals surface area (Å²) >= 11 is 4.97. The molecule has 112 valence electrons. The minimum absolute atomic E-state index is 0.00652. The van der Waals surface area contributed by atoms with Gasteiger partial charge in [0.15, 0.2) is 0 Å². The van der Waals surface area contributed by atoms with Crippen LogP contribution in [0.3, 0.4) is 0 Å². The largest absolute Gasteiger partial charge is 0.490 e. The zero-order chi connectivity index (χ0) is 15.4. The molecular weight excluding hydrogens is 352 g/mol. The van der Waals surface area contributed by atoms with E-state index in [0.29, 0.717) is 17.9 Å². The van der Waals surface area contributed by atoms with E-state index >= 15 is 0 Å². The molecule has 0 spiro atoms. The smallest absolute Gasteiger partial charge is 0.255 e. The number of carbonyl (C=O) groups is 1. The van der Waals surface area contributed by atoms with Gasteiger partial charge in [-0.15, -0.1) is 11.3 Å². The summed E-state index contributed by atoms with van der Waals surface area (Å²) in [4.78, 5) is 16.6. The number of thiazole rings is 1. The number of halogens is 1. The van der Waals surface area contributed by atoms with Gasteiger partial charge in [-0.2, -0.15) is 0 Å². The Morgan fingerprint density at radius 2 is 2.24 bits per heavy atom. The maximum atomic E-state index is 12.3. The average Bonchev–Trinajstić information content (AvgIpc) is 2.81. The summed E-state index contributed by atoms with van der Waals surface area (Å²) in [6.45, 7) is 6.22. The second kappa shape index (κ2) is 7.04. The number of nitrogens with zero attached hydrogens (tertiary/aromatic N) is 1. The Labute approximate surface area is 136 Å². The van der Waals surface area contributed by atoms with Crippen LogP contribution < -0.4 is 10.1 Å². The number of ether oxygens (including phenoxy) is 1. The molecule has 0 saturated carbocycles. The summed E-state index contributed by atoms with van der Waals surface area (Å²) in [5, 5.41) is 5.81. The number of amides is 1. The van der Waals surface area contributed by atoms with Gasteiger partial charge in [0.2, 0.25) is 0 Å². The van der Waals surface area contributed by atoms with E-state index in [1.165, 1.54) is 0 Å². The standard InChI is InChI=1S/C15H17BrN2O2S/c1-9(2)20-14-6-11(16)4-5-13(14)15(19)17-7-12-8-21-10(3)18-12/h4-6,8-9H,7H2,1-3H3,(H,17,19). The van der Waals surface area contributed by atoms with Crippen LogP contribution in [0.15, 0.2) is 28.1 Å². The van der Waals surface area contributed by atoms with E-state index in [1.807, 2.05) is 38.3 Å². The minimum atomic E-state index is -0.163. The van der Waals surface area contributed by atoms with Crippen LogP contribution in [0, 0.1) is 6.92 Å². The molecule has 2 aromatic rings. The molecule has 0 aliphatic carbocycles. The van der Waals surface area contributed by atoms with Crippen molar-refractivity contribution in [3.63, 3.8) is 0 Å². The maximum absolute atomic E-state index is 12.3. The molecule has 0 atom stereocenters. The van der Waals surface area contributed by atoms with Crippen LogP contribution in [-0.2, 0) is 6.54 Å². The quantitative estimate of drug-likeness (QED) is 0.869. The molecule has 1 amide bonds. The molecule has 1 N–H and O–H groups in total. The van der Waals surface area contributed by atoms with E-state index in [9.17, 15) is 4.79 Å². The number of carbonyl (C=O) groups excluding carboxylic acids is 1. The first-order chi connectivity index (χ1) is 9.95. The molecule has 6 heteroatoms. The normalized spacial score (nSPS) is 10.7. The Morgan fingerprint density at radius 3 is 2.86 bits per heavy atom. The number of nitrogens with one attached hydrogen (secondary N) is 1. The van der Waals surface area contributed by atoms with Crippen molar-refractivity contribution in [3.8, 4) is 5.75 Å². The van der Waals surface area contributed by atoms with Crippen LogP contribution >= 0.6 is 27.3 Å². The second-order valence-corrected chi connectivity index (χ2v) is 6.83. The van der Waals surface area contributed by atoms with Crippen LogP contribution in [0.5, 0.6) is 5.75 Å². The molecule has 1 aromatic heterocycles. The highest BCUT2D eigenvalue weighted by molar-refractivity contribution is 9.10. The number of aromatic nitrogens is 1. The molecule has 0 saturated heterocycles. The van der Waals surface area contributed by atoms with Crippen molar-refractivity contribution in [1.82, 2.24) is 10.3 Å². The van der Waals surface area contributed by atoms with Crippen LogP contribution in [0.2, 0.25) is 0 Å². The monoisotopic (exact) mass is 368 g/mol. The Kier molecular flexibility index (Phi) is 5.36. The van der Waals surface area contributed by atoms with Crippen molar-refractivity contribution in [2.45, 2.75) is 33.4 Å². The molecule has 0 unspecified atom stereocenters. The first kappa shape index (κ1) is 16.0. The van der Waals surface area contributed by atoms with Crippen molar-refractivity contribution in [2.75, 3.05) is 0 Å². The zero-order valence-corrected chi connectivity index (χ0v) is 14.5. The van der Waals surface area contributed by atoms with Gasteiger partial charge in [0.1, 0.15) is 5.75 Å². The summed E-state index contributed by atoms with van der Waals surface area (Å²) in [5.74, 6) is 0.412. The molecule has 0 aliphatic heterocycles. The van der Waals surface area contributed by atoms with Gasteiger partial charge in [-0.05, 0) is 39.0 Å². The molecule has 0 fully saturated rings. The molecule has 4 nitrogen and oxygen atoms in total. The van der Waals surface area contributed by atoms with E-state index in [0.717, 1.165) is 15.2 Å². The molecule has 0 radical (unpaired) electrons. The lowest BCUT2D eigenvalue weighted by molar-refractivity contribution is 0.0944. The van der Waals surface area contributed by atoms with E-state index in [2.05, 4.69) is 26.2 Å². The Hall–Kier alpha value is -1.40. The van der Waals surface area contributed by atoms with E-state index < -0.39 is 0 Å². The van der Waals surface area contributed by atoms with Gasteiger partial charge in [0.05, 0.1) is 28.9 Å². The molecule has 21 heavy (non-hydrogen) atoms. The molecule has 0 bridgehead atoms. The molecular formula is C15H17BrN2O2S. The lowest BCUT2D eigenvalue weighted by Crippen LogP contribution is -2.24. The van der Waals surface area contributed by atoms with Crippen LogP contribution in [-0.4, -0.2) is 17.0 Å². The van der Waals surface area contributed by atoms with Crippen LogP contribution in [0.4, 0.5) is 0 Å². The average molecular weight is 369 g/mol. The van der Waals surface area contributed by atoms with Gasteiger partial charge in [-0.1, -0.05) is 15.9 Å². The molecule has 0 aliphatic rings.